The monoisotopic (exact) mass is 390 g/mol. The summed E-state index contributed by atoms with van der Waals surface area (Å²) in [4.78, 5) is 17.4. The number of aryl methyl sites for hydroxylation is 1. The van der Waals surface area contributed by atoms with Gasteiger partial charge in [0.1, 0.15) is 0 Å². The standard InChI is InChI=1S/C22H22N4OS/c27-21(24-18-11-5-7-15-6-1-2-8-16(15)18)14-28-22-25-19-10-4-3-9-17(19)20-12-13-23-26(20)22/h1-4,6,8-10,13,18,20H,5,7,11-12,14H2,(H,24,27)/t18-,20-/m1/s1. The first-order valence-electron chi connectivity index (χ1n) is 9.79. The summed E-state index contributed by atoms with van der Waals surface area (Å²) in [6, 6.07) is 16.9. The molecule has 0 radical (unpaired) electrons. The molecule has 2 aromatic rings. The minimum atomic E-state index is 0.0491. The van der Waals surface area contributed by atoms with Crippen molar-refractivity contribution < 1.29 is 4.79 Å². The van der Waals surface area contributed by atoms with Crippen LogP contribution in [0.15, 0.2) is 58.6 Å². The van der Waals surface area contributed by atoms with Gasteiger partial charge in [-0.2, -0.15) is 5.10 Å². The molecule has 3 aliphatic rings. The number of carbonyl (C=O) groups is 1. The number of hydrazone groups is 1. The van der Waals surface area contributed by atoms with Gasteiger partial charge in [0, 0.05) is 18.2 Å². The number of para-hydroxylation sites is 1. The van der Waals surface area contributed by atoms with Crippen LogP contribution in [0.1, 0.15) is 48.0 Å². The van der Waals surface area contributed by atoms with Crippen molar-refractivity contribution >= 4 is 34.7 Å². The Balaban J connectivity index is 1.27. The molecule has 142 valence electrons. The molecule has 0 saturated heterocycles. The predicted molar refractivity (Wildman–Crippen MR) is 114 cm³/mol. The third-order valence-corrected chi connectivity index (χ3v) is 6.52. The van der Waals surface area contributed by atoms with Gasteiger partial charge in [-0.15, -0.1) is 0 Å². The summed E-state index contributed by atoms with van der Waals surface area (Å²) >= 11 is 1.47. The number of rotatable bonds is 3. The first-order valence-corrected chi connectivity index (χ1v) is 10.8. The maximum atomic E-state index is 12.7. The number of thioether (sulfide) groups is 1. The van der Waals surface area contributed by atoms with Crippen LogP contribution in [0.3, 0.4) is 0 Å². The number of hydrogen-bond acceptors (Lipinski definition) is 5. The fourth-order valence-electron chi connectivity index (χ4n) is 4.25. The zero-order chi connectivity index (χ0) is 18.9. The molecule has 0 saturated carbocycles. The summed E-state index contributed by atoms with van der Waals surface area (Å²) in [5.74, 6) is 0.395. The molecule has 2 aliphatic heterocycles. The molecule has 2 aromatic carbocycles. The quantitative estimate of drug-likeness (QED) is 0.848. The van der Waals surface area contributed by atoms with E-state index in [9.17, 15) is 4.79 Å². The van der Waals surface area contributed by atoms with Gasteiger partial charge in [-0.05, 0) is 36.5 Å². The number of amides is 1. The molecule has 0 spiro atoms. The SMILES string of the molecule is O=C(CSC1=Nc2ccccc2[C@H]2CC=NN12)N[C@@H]1CCCc2ccccc21. The normalized spacial score (nSPS) is 22.1. The van der Waals surface area contributed by atoms with Crippen molar-refractivity contribution in [1.29, 1.82) is 0 Å². The summed E-state index contributed by atoms with van der Waals surface area (Å²) in [5.41, 5.74) is 4.81. The molecule has 0 aromatic heterocycles. The van der Waals surface area contributed by atoms with E-state index in [4.69, 9.17) is 4.99 Å². The van der Waals surface area contributed by atoms with Crippen LogP contribution in [0.25, 0.3) is 0 Å². The number of hydrogen-bond donors (Lipinski definition) is 1. The van der Waals surface area contributed by atoms with Crippen LogP contribution in [0.4, 0.5) is 5.69 Å². The van der Waals surface area contributed by atoms with Gasteiger partial charge in [-0.3, -0.25) is 4.79 Å². The van der Waals surface area contributed by atoms with Gasteiger partial charge in [0.2, 0.25) is 5.91 Å². The Morgan fingerprint density at radius 2 is 1.96 bits per heavy atom. The van der Waals surface area contributed by atoms with Crippen molar-refractivity contribution in [3.05, 3.63) is 65.2 Å². The van der Waals surface area contributed by atoms with Crippen LogP contribution in [-0.2, 0) is 11.2 Å². The van der Waals surface area contributed by atoms with Gasteiger partial charge in [0.05, 0.1) is 23.5 Å². The van der Waals surface area contributed by atoms with Crippen molar-refractivity contribution in [3.8, 4) is 0 Å². The van der Waals surface area contributed by atoms with E-state index in [1.165, 1.54) is 28.5 Å². The predicted octanol–water partition coefficient (Wildman–Crippen LogP) is 4.35. The summed E-state index contributed by atoms with van der Waals surface area (Å²) in [6.45, 7) is 0. The topological polar surface area (TPSA) is 57.1 Å². The van der Waals surface area contributed by atoms with Crippen LogP contribution in [0.5, 0.6) is 0 Å². The van der Waals surface area contributed by atoms with Crippen molar-refractivity contribution in [1.82, 2.24) is 10.3 Å². The van der Waals surface area contributed by atoms with Crippen LogP contribution in [-0.4, -0.2) is 28.1 Å². The molecule has 1 amide bonds. The molecule has 5 nitrogen and oxygen atoms in total. The Kier molecular flexibility index (Phi) is 4.64. The first-order chi connectivity index (χ1) is 13.8. The van der Waals surface area contributed by atoms with E-state index in [0.29, 0.717) is 5.75 Å². The van der Waals surface area contributed by atoms with E-state index < -0.39 is 0 Å². The van der Waals surface area contributed by atoms with Gasteiger partial charge in [-0.1, -0.05) is 54.2 Å². The minimum absolute atomic E-state index is 0.0491. The first kappa shape index (κ1) is 17.5. The fraction of sp³-hybridized carbons (Fsp3) is 0.318. The van der Waals surface area contributed by atoms with Gasteiger partial charge in [-0.25, -0.2) is 10.0 Å². The molecule has 0 unspecified atom stereocenters. The molecular formula is C22H22N4OS. The molecule has 0 fully saturated rings. The number of carbonyl (C=O) groups excluding carboxylic acids is 1. The number of aliphatic imine (C=N–C) groups is 1. The lowest BCUT2D eigenvalue weighted by Crippen LogP contribution is -2.34. The second kappa shape index (κ2) is 7.43. The number of fused-ring (bicyclic) bond motifs is 4. The van der Waals surface area contributed by atoms with Gasteiger partial charge in [0.15, 0.2) is 5.17 Å². The molecule has 28 heavy (non-hydrogen) atoms. The third-order valence-electron chi connectivity index (χ3n) is 5.57. The van der Waals surface area contributed by atoms with Crippen molar-refractivity contribution in [3.63, 3.8) is 0 Å². The Bertz CT molecular complexity index is 971. The number of nitrogens with one attached hydrogen (secondary N) is 1. The molecule has 6 heteroatoms. The van der Waals surface area contributed by atoms with Crippen LogP contribution >= 0.6 is 11.8 Å². The van der Waals surface area contributed by atoms with E-state index in [1.807, 2.05) is 29.4 Å². The lowest BCUT2D eigenvalue weighted by Gasteiger charge is -2.30. The Hall–Kier alpha value is -2.60. The van der Waals surface area contributed by atoms with E-state index in [-0.39, 0.29) is 18.0 Å². The smallest absolute Gasteiger partial charge is 0.230 e. The lowest BCUT2D eigenvalue weighted by atomic mass is 9.88. The van der Waals surface area contributed by atoms with Crippen molar-refractivity contribution in [2.75, 3.05) is 5.75 Å². The highest BCUT2D eigenvalue weighted by atomic mass is 32.2. The zero-order valence-electron chi connectivity index (χ0n) is 15.5. The maximum absolute atomic E-state index is 12.7. The highest BCUT2D eigenvalue weighted by Gasteiger charge is 2.33. The van der Waals surface area contributed by atoms with E-state index in [2.05, 4.69) is 40.8 Å². The second-order valence-corrected chi connectivity index (χ2v) is 8.29. The van der Waals surface area contributed by atoms with Crippen LogP contribution in [0.2, 0.25) is 0 Å². The van der Waals surface area contributed by atoms with Crippen LogP contribution < -0.4 is 5.32 Å². The summed E-state index contributed by atoms with van der Waals surface area (Å²) in [6.07, 6.45) is 6.02. The molecule has 2 atom stereocenters. The molecule has 1 N–H and O–H groups in total. The van der Waals surface area contributed by atoms with E-state index >= 15 is 0 Å². The highest BCUT2D eigenvalue weighted by Crippen LogP contribution is 2.40. The zero-order valence-corrected chi connectivity index (χ0v) is 16.4. The molecule has 1 aliphatic carbocycles. The van der Waals surface area contributed by atoms with Gasteiger partial charge in [0.25, 0.3) is 0 Å². The van der Waals surface area contributed by atoms with Gasteiger partial charge >= 0.3 is 0 Å². The third kappa shape index (κ3) is 3.22. The number of amidine groups is 1. The van der Waals surface area contributed by atoms with Gasteiger partial charge < -0.3 is 5.32 Å². The Morgan fingerprint density at radius 3 is 2.89 bits per heavy atom. The highest BCUT2D eigenvalue weighted by molar-refractivity contribution is 8.14. The average molecular weight is 391 g/mol. The Morgan fingerprint density at radius 1 is 1.14 bits per heavy atom. The van der Waals surface area contributed by atoms with Crippen molar-refractivity contribution in [2.24, 2.45) is 10.1 Å². The van der Waals surface area contributed by atoms with Crippen molar-refractivity contribution in [2.45, 2.75) is 37.8 Å². The van der Waals surface area contributed by atoms with E-state index in [0.717, 1.165) is 36.5 Å². The summed E-state index contributed by atoms with van der Waals surface area (Å²) in [5, 5.41) is 10.5. The largest absolute Gasteiger partial charge is 0.349 e. The van der Waals surface area contributed by atoms with E-state index in [1.54, 1.807) is 0 Å². The second-order valence-electron chi connectivity index (χ2n) is 7.35. The molecule has 2 heterocycles. The average Bonchev–Trinajstić information content (AvgIpc) is 3.23. The molecule has 5 rings (SSSR count). The van der Waals surface area contributed by atoms with Crippen LogP contribution in [0, 0.1) is 0 Å². The summed E-state index contributed by atoms with van der Waals surface area (Å²) < 4.78 is 0. The summed E-state index contributed by atoms with van der Waals surface area (Å²) in [7, 11) is 0. The molecular weight excluding hydrogens is 368 g/mol. The lowest BCUT2D eigenvalue weighted by molar-refractivity contribution is -0.119. The number of nitrogens with zero attached hydrogens (tertiary/aromatic N) is 3. The fourth-order valence-corrected chi connectivity index (χ4v) is 5.06. The molecule has 0 bridgehead atoms. The Labute approximate surface area is 168 Å². The minimum Gasteiger partial charge on any atom is -0.349 e. The number of benzene rings is 2. The maximum Gasteiger partial charge on any atom is 0.230 e.